The van der Waals surface area contributed by atoms with Crippen LogP contribution in [0.5, 0.6) is 5.75 Å². The van der Waals surface area contributed by atoms with E-state index in [-0.39, 0.29) is 11.7 Å². The van der Waals surface area contributed by atoms with Gasteiger partial charge in [0, 0.05) is 18.9 Å². The zero-order valence-corrected chi connectivity index (χ0v) is 18.5. The number of carboxylic acids is 1. The Morgan fingerprint density at radius 2 is 1.84 bits per heavy atom. The number of para-hydroxylation sites is 1. The van der Waals surface area contributed by atoms with Gasteiger partial charge in [0.25, 0.3) is 5.17 Å². The molecule has 7 nitrogen and oxygen atoms in total. The first-order valence-electron chi connectivity index (χ1n) is 10.5. The summed E-state index contributed by atoms with van der Waals surface area (Å²) in [6.07, 6.45) is 3.74. The molecule has 2 N–H and O–H groups in total. The number of ether oxygens (including phenoxy) is 2. The Morgan fingerprint density at radius 1 is 1.12 bits per heavy atom. The number of nitrogens with zero attached hydrogens (tertiary/aromatic N) is 2. The van der Waals surface area contributed by atoms with Gasteiger partial charge in [-0.3, -0.25) is 0 Å². The Balaban J connectivity index is 1.37. The molecule has 0 saturated carbocycles. The maximum Gasteiger partial charge on any atom is 0.337 e. The molecule has 2 aromatic carbocycles. The summed E-state index contributed by atoms with van der Waals surface area (Å²) >= 11 is 5.07. The zero-order chi connectivity index (χ0) is 22.5. The molecule has 0 spiro atoms. The smallest absolute Gasteiger partial charge is 0.337 e. The highest BCUT2D eigenvalue weighted by molar-refractivity contribution is 7.80. The number of benzene rings is 2. The van der Waals surface area contributed by atoms with Crippen molar-refractivity contribution in [3.05, 3.63) is 78.1 Å². The third kappa shape index (κ3) is 4.86. The van der Waals surface area contributed by atoms with Crippen LogP contribution in [0.15, 0.2) is 67.0 Å². The number of carbonyl (C=O) groups is 1. The van der Waals surface area contributed by atoms with Crippen LogP contribution in [0.3, 0.4) is 0 Å². The Morgan fingerprint density at radius 3 is 2.50 bits per heavy atom. The zero-order valence-electron chi connectivity index (χ0n) is 17.7. The number of anilines is 1. The minimum atomic E-state index is -0.945. The van der Waals surface area contributed by atoms with Crippen LogP contribution in [0.25, 0.3) is 5.69 Å². The summed E-state index contributed by atoms with van der Waals surface area (Å²) in [7, 11) is 0. The second kappa shape index (κ2) is 9.74. The Hall–Kier alpha value is -3.52. The number of carboxylic acid groups (broad SMARTS) is 1. The molecule has 1 fully saturated rings. The number of hydrogen-bond acceptors (Lipinski definition) is 5. The number of aromatic carboxylic acids is 1. The first kappa shape index (κ1) is 21.7. The highest BCUT2D eigenvalue weighted by atomic mass is 32.1. The predicted molar refractivity (Wildman–Crippen MR) is 127 cm³/mol. The van der Waals surface area contributed by atoms with Gasteiger partial charge in [-0.15, -0.1) is 0 Å². The fourth-order valence-electron chi connectivity index (χ4n) is 3.62. The summed E-state index contributed by atoms with van der Waals surface area (Å²) in [5.74, 6) is -0.156. The third-order valence-corrected chi connectivity index (χ3v) is 5.48. The minimum absolute atomic E-state index is 0.0319. The van der Waals surface area contributed by atoms with E-state index in [0.29, 0.717) is 30.6 Å². The van der Waals surface area contributed by atoms with E-state index in [4.69, 9.17) is 21.7 Å². The van der Waals surface area contributed by atoms with Crippen LogP contribution in [0.2, 0.25) is 0 Å². The van der Waals surface area contributed by atoms with Crippen molar-refractivity contribution in [1.82, 2.24) is 9.88 Å². The summed E-state index contributed by atoms with van der Waals surface area (Å²) in [5, 5.41) is 13.0. The number of thiocarbonyl (C=S) groups is 1. The molecule has 4 rings (SSSR count). The van der Waals surface area contributed by atoms with Crippen molar-refractivity contribution in [3.63, 3.8) is 0 Å². The van der Waals surface area contributed by atoms with Crippen LogP contribution in [-0.2, 0) is 11.3 Å². The Bertz CT molecular complexity index is 1080. The van der Waals surface area contributed by atoms with Gasteiger partial charge in [0.15, 0.2) is 0 Å². The Labute approximate surface area is 192 Å². The molecule has 1 aliphatic rings. The molecular weight excluding hydrogens is 426 g/mol. The summed E-state index contributed by atoms with van der Waals surface area (Å²) in [6.45, 7) is 4.47. The summed E-state index contributed by atoms with van der Waals surface area (Å²) in [6, 6.07) is 16.9. The summed E-state index contributed by atoms with van der Waals surface area (Å²) in [5.41, 5.74) is 2.83. The standard InChI is InChI=1S/C24H25N3O4S/c1-2-25-24(32)30-16-17-8-10-18(11-9-17)31-19-14-27(15-19)21-7-5-6-20(23(28)29)22(21)26-12-3-4-13-26/h3-13,19H,2,14-16H2,1H3,(H,25,32)(H,28,29). The van der Waals surface area contributed by atoms with Crippen molar-refractivity contribution in [3.8, 4) is 11.4 Å². The van der Waals surface area contributed by atoms with Crippen molar-refractivity contribution in [2.24, 2.45) is 0 Å². The van der Waals surface area contributed by atoms with Gasteiger partial charge in [-0.1, -0.05) is 18.2 Å². The highest BCUT2D eigenvalue weighted by Gasteiger charge is 2.31. The normalized spacial score (nSPS) is 13.3. The quantitative estimate of drug-likeness (QED) is 0.504. The molecule has 2 heterocycles. The molecule has 1 saturated heterocycles. The molecule has 32 heavy (non-hydrogen) atoms. The van der Waals surface area contributed by atoms with Crippen LogP contribution in [0.1, 0.15) is 22.8 Å². The molecule has 1 aromatic heterocycles. The lowest BCUT2D eigenvalue weighted by atomic mass is 10.1. The molecule has 0 amide bonds. The van der Waals surface area contributed by atoms with Crippen LogP contribution >= 0.6 is 12.2 Å². The van der Waals surface area contributed by atoms with E-state index in [0.717, 1.165) is 23.5 Å². The lowest BCUT2D eigenvalue weighted by Crippen LogP contribution is -2.54. The third-order valence-electron chi connectivity index (χ3n) is 5.21. The molecule has 0 aliphatic carbocycles. The van der Waals surface area contributed by atoms with Crippen LogP contribution in [0.4, 0.5) is 5.69 Å². The molecule has 0 bridgehead atoms. The average Bonchev–Trinajstić information content (AvgIpc) is 3.29. The number of hydrogen-bond donors (Lipinski definition) is 2. The lowest BCUT2D eigenvalue weighted by molar-refractivity contribution is 0.0697. The van der Waals surface area contributed by atoms with Crippen molar-refractivity contribution in [2.45, 2.75) is 19.6 Å². The number of rotatable bonds is 8. The molecule has 0 unspecified atom stereocenters. The van der Waals surface area contributed by atoms with Crippen molar-refractivity contribution in [2.75, 3.05) is 24.5 Å². The van der Waals surface area contributed by atoms with Crippen molar-refractivity contribution < 1.29 is 19.4 Å². The van der Waals surface area contributed by atoms with Crippen molar-refractivity contribution in [1.29, 1.82) is 0 Å². The Kier molecular flexibility index (Phi) is 6.61. The molecule has 8 heteroatoms. The molecular formula is C24H25N3O4S. The molecule has 0 atom stereocenters. The summed E-state index contributed by atoms with van der Waals surface area (Å²) < 4.78 is 13.4. The fourth-order valence-corrected chi connectivity index (χ4v) is 3.83. The van der Waals surface area contributed by atoms with Crippen LogP contribution in [-0.4, -0.2) is 46.6 Å². The van der Waals surface area contributed by atoms with Gasteiger partial charge >= 0.3 is 5.97 Å². The van der Waals surface area contributed by atoms with E-state index in [1.807, 2.05) is 66.3 Å². The monoisotopic (exact) mass is 451 g/mol. The topological polar surface area (TPSA) is 76.0 Å². The van der Waals surface area contributed by atoms with Gasteiger partial charge in [-0.05, 0) is 61.1 Å². The average molecular weight is 452 g/mol. The van der Waals surface area contributed by atoms with Gasteiger partial charge in [-0.25, -0.2) is 4.79 Å². The maximum atomic E-state index is 11.8. The fraction of sp³-hybridized carbons (Fsp3) is 0.250. The number of nitrogens with one attached hydrogen (secondary N) is 1. The van der Waals surface area contributed by atoms with Gasteiger partial charge in [0.1, 0.15) is 18.5 Å². The van der Waals surface area contributed by atoms with E-state index < -0.39 is 5.97 Å². The first-order chi connectivity index (χ1) is 15.5. The SMILES string of the molecule is CCNC(=S)OCc1ccc(OC2CN(c3cccc(C(=O)O)c3-n3cccc3)C2)cc1. The van der Waals surface area contributed by atoms with Gasteiger partial charge in [0.05, 0.1) is 30.0 Å². The minimum Gasteiger partial charge on any atom is -0.487 e. The van der Waals surface area contributed by atoms with E-state index in [1.165, 1.54) is 0 Å². The van der Waals surface area contributed by atoms with Gasteiger partial charge in [-0.2, -0.15) is 0 Å². The molecule has 1 aliphatic heterocycles. The number of aromatic nitrogens is 1. The molecule has 166 valence electrons. The summed E-state index contributed by atoms with van der Waals surface area (Å²) in [4.78, 5) is 13.9. The van der Waals surface area contributed by atoms with Gasteiger partial charge in [0.2, 0.25) is 0 Å². The molecule has 3 aromatic rings. The van der Waals surface area contributed by atoms with E-state index in [9.17, 15) is 9.90 Å². The van der Waals surface area contributed by atoms with Crippen molar-refractivity contribution >= 4 is 29.0 Å². The molecule has 0 radical (unpaired) electrons. The van der Waals surface area contributed by atoms with Crippen LogP contribution < -0.4 is 15.0 Å². The van der Waals surface area contributed by atoms with E-state index in [1.54, 1.807) is 12.1 Å². The second-order valence-electron chi connectivity index (χ2n) is 7.46. The second-order valence-corrected chi connectivity index (χ2v) is 7.83. The van der Waals surface area contributed by atoms with Gasteiger partial charge < -0.3 is 29.4 Å². The first-order valence-corrected chi connectivity index (χ1v) is 10.9. The maximum absolute atomic E-state index is 11.8. The predicted octanol–water partition coefficient (Wildman–Crippen LogP) is 3.85. The van der Waals surface area contributed by atoms with E-state index in [2.05, 4.69) is 10.2 Å². The highest BCUT2D eigenvalue weighted by Crippen LogP contribution is 2.32. The van der Waals surface area contributed by atoms with Crippen LogP contribution in [0, 0.1) is 0 Å². The largest absolute Gasteiger partial charge is 0.487 e. The van der Waals surface area contributed by atoms with E-state index >= 15 is 0 Å². The lowest BCUT2D eigenvalue weighted by Gasteiger charge is -2.41.